The Balaban J connectivity index is 3.99. The van der Waals surface area contributed by atoms with Crippen molar-refractivity contribution < 1.29 is 32.8 Å². The number of hydrogen-bond donors (Lipinski definition) is 2. The average molecular weight is 786 g/mol. The summed E-state index contributed by atoms with van der Waals surface area (Å²) in [6.45, 7) is 4.26. The molecule has 0 aromatic heterocycles. The summed E-state index contributed by atoms with van der Waals surface area (Å²) in [5.74, 6) is -0.350. The number of phosphoric acid groups is 1. The van der Waals surface area contributed by atoms with Crippen LogP contribution in [0.1, 0.15) is 226 Å². The van der Waals surface area contributed by atoms with Crippen LogP contribution in [0.5, 0.6) is 0 Å². The van der Waals surface area contributed by atoms with Gasteiger partial charge in [0.1, 0.15) is 6.61 Å². The van der Waals surface area contributed by atoms with Crippen LogP contribution in [-0.2, 0) is 27.9 Å². The number of rotatable bonds is 44. The lowest BCUT2D eigenvalue weighted by molar-refractivity contribution is -0.153. The predicted octanol–water partition coefficient (Wildman–Crippen LogP) is 14.0. The topological polar surface area (TPSA) is 117 Å². The van der Waals surface area contributed by atoms with E-state index in [1.165, 1.54) is 173 Å². The smallest absolute Gasteiger partial charge is 0.472 e. The van der Waals surface area contributed by atoms with Crippen LogP contribution in [0.4, 0.5) is 0 Å². The first-order chi connectivity index (χ1) is 26.4. The SMILES string of the molecule is CCCCCCCCC=CCCCCCCCCCCCCCC(=O)OC(COC=CCCCCCCCCCCCCCC)COP(=O)(O)OCCN. The van der Waals surface area contributed by atoms with Crippen molar-refractivity contribution in [2.75, 3.05) is 26.4 Å². The monoisotopic (exact) mass is 786 g/mol. The molecule has 0 aromatic rings. The molecule has 8 nitrogen and oxygen atoms in total. The van der Waals surface area contributed by atoms with Crippen LogP contribution in [0.25, 0.3) is 0 Å². The van der Waals surface area contributed by atoms with Gasteiger partial charge in [-0.1, -0.05) is 187 Å². The number of allylic oxidation sites excluding steroid dienone is 3. The molecule has 0 bridgehead atoms. The minimum atomic E-state index is -4.29. The molecule has 0 rings (SSSR count). The molecule has 320 valence electrons. The number of unbranched alkanes of at least 4 members (excludes halogenated alkanes) is 29. The maximum Gasteiger partial charge on any atom is 0.472 e. The minimum Gasteiger partial charge on any atom is -0.498 e. The molecule has 0 aliphatic rings. The summed E-state index contributed by atoms with van der Waals surface area (Å²) in [4.78, 5) is 22.5. The van der Waals surface area contributed by atoms with Gasteiger partial charge in [0.15, 0.2) is 6.10 Å². The molecule has 0 fully saturated rings. The largest absolute Gasteiger partial charge is 0.498 e. The first kappa shape index (κ1) is 52.8. The van der Waals surface area contributed by atoms with E-state index in [0.717, 1.165) is 32.1 Å². The van der Waals surface area contributed by atoms with Gasteiger partial charge in [0.05, 0.1) is 19.5 Å². The van der Waals surface area contributed by atoms with E-state index in [0.29, 0.717) is 6.42 Å². The van der Waals surface area contributed by atoms with Crippen molar-refractivity contribution in [2.45, 2.75) is 232 Å². The van der Waals surface area contributed by atoms with Crippen LogP contribution < -0.4 is 5.73 Å². The highest BCUT2D eigenvalue weighted by molar-refractivity contribution is 7.47. The van der Waals surface area contributed by atoms with E-state index in [4.69, 9.17) is 24.3 Å². The standard InChI is InChI=1S/C45H88NO7P/c1-3-5-7-9-11-13-15-17-19-20-21-22-23-24-25-26-28-30-32-34-36-38-45(47)53-44(43-52-54(48,49)51-41-39-46)42-50-40-37-35-33-31-29-27-18-16-14-12-10-8-6-4-2/h17,19,37,40,44H,3-16,18,20-36,38-39,41-43,46H2,1-2H3,(H,48,49). The highest BCUT2D eigenvalue weighted by atomic mass is 31.2. The van der Waals surface area contributed by atoms with Gasteiger partial charge in [-0.25, -0.2) is 4.57 Å². The highest BCUT2D eigenvalue weighted by Gasteiger charge is 2.25. The average Bonchev–Trinajstić information content (AvgIpc) is 3.16. The van der Waals surface area contributed by atoms with Crippen LogP contribution in [0.3, 0.4) is 0 Å². The Hall–Kier alpha value is -1.18. The number of carbonyl (C=O) groups excluding carboxylic acids is 1. The first-order valence-electron chi connectivity index (χ1n) is 22.9. The second-order valence-electron chi connectivity index (χ2n) is 15.3. The Kier molecular flexibility index (Phi) is 42.0. The summed E-state index contributed by atoms with van der Waals surface area (Å²) < 4.78 is 33.2. The summed E-state index contributed by atoms with van der Waals surface area (Å²) in [5.41, 5.74) is 5.37. The molecule has 54 heavy (non-hydrogen) atoms. The van der Waals surface area contributed by atoms with Crippen molar-refractivity contribution in [2.24, 2.45) is 5.73 Å². The molecule has 0 aliphatic heterocycles. The number of esters is 1. The van der Waals surface area contributed by atoms with E-state index in [9.17, 15) is 14.3 Å². The van der Waals surface area contributed by atoms with Crippen LogP contribution in [0.15, 0.2) is 24.5 Å². The Labute approximate surface area is 334 Å². The number of phosphoric ester groups is 1. The zero-order chi connectivity index (χ0) is 39.5. The van der Waals surface area contributed by atoms with E-state index >= 15 is 0 Å². The van der Waals surface area contributed by atoms with Crippen molar-refractivity contribution in [1.82, 2.24) is 0 Å². The van der Waals surface area contributed by atoms with Gasteiger partial charge in [-0.15, -0.1) is 0 Å². The molecule has 0 aromatic carbocycles. The normalized spacial score (nSPS) is 13.6. The quantitative estimate of drug-likeness (QED) is 0.0206. The van der Waals surface area contributed by atoms with Crippen molar-refractivity contribution >= 4 is 13.8 Å². The zero-order valence-electron chi connectivity index (χ0n) is 35.5. The van der Waals surface area contributed by atoms with Crippen molar-refractivity contribution in [3.05, 3.63) is 24.5 Å². The molecule has 2 atom stereocenters. The highest BCUT2D eigenvalue weighted by Crippen LogP contribution is 2.43. The molecule has 0 radical (unpaired) electrons. The Morgan fingerprint density at radius 3 is 1.37 bits per heavy atom. The lowest BCUT2D eigenvalue weighted by atomic mass is 10.0. The number of ether oxygens (including phenoxy) is 2. The fraction of sp³-hybridized carbons (Fsp3) is 0.889. The van der Waals surface area contributed by atoms with Gasteiger partial charge in [-0.2, -0.15) is 0 Å². The van der Waals surface area contributed by atoms with Gasteiger partial charge in [0.25, 0.3) is 0 Å². The van der Waals surface area contributed by atoms with Gasteiger partial charge >= 0.3 is 13.8 Å². The van der Waals surface area contributed by atoms with Crippen molar-refractivity contribution in [3.63, 3.8) is 0 Å². The summed E-state index contributed by atoms with van der Waals surface area (Å²) in [5, 5.41) is 0. The van der Waals surface area contributed by atoms with E-state index in [2.05, 4.69) is 26.0 Å². The fourth-order valence-corrected chi connectivity index (χ4v) is 7.31. The Morgan fingerprint density at radius 2 is 0.944 bits per heavy atom. The molecule has 9 heteroatoms. The molecule has 0 amide bonds. The molecule has 0 saturated heterocycles. The third-order valence-corrected chi connectivity index (χ3v) is 10.9. The lowest BCUT2D eigenvalue weighted by Gasteiger charge is -2.19. The first-order valence-corrected chi connectivity index (χ1v) is 24.4. The molecular weight excluding hydrogens is 697 g/mol. The van der Waals surface area contributed by atoms with Crippen molar-refractivity contribution in [3.8, 4) is 0 Å². The molecule has 0 spiro atoms. The van der Waals surface area contributed by atoms with Crippen LogP contribution in [0.2, 0.25) is 0 Å². The van der Waals surface area contributed by atoms with Crippen LogP contribution >= 0.6 is 7.82 Å². The summed E-state index contributed by atoms with van der Waals surface area (Å²) in [6, 6.07) is 0. The van der Waals surface area contributed by atoms with Gasteiger partial charge < -0.3 is 20.1 Å². The van der Waals surface area contributed by atoms with E-state index in [1.54, 1.807) is 6.26 Å². The van der Waals surface area contributed by atoms with E-state index < -0.39 is 13.9 Å². The maximum atomic E-state index is 12.6. The molecule has 3 N–H and O–H groups in total. The number of hydrogen-bond acceptors (Lipinski definition) is 7. The van der Waals surface area contributed by atoms with E-state index in [1.807, 2.05) is 6.08 Å². The van der Waals surface area contributed by atoms with E-state index in [-0.39, 0.29) is 32.3 Å². The van der Waals surface area contributed by atoms with Gasteiger partial charge in [-0.3, -0.25) is 13.8 Å². The fourth-order valence-electron chi connectivity index (χ4n) is 6.55. The molecular formula is C45H88NO7P. The molecule has 0 heterocycles. The second-order valence-corrected chi connectivity index (χ2v) is 16.8. The van der Waals surface area contributed by atoms with Crippen molar-refractivity contribution in [1.29, 1.82) is 0 Å². The summed E-state index contributed by atoms with van der Waals surface area (Å²) in [6.07, 6.45) is 48.6. The minimum absolute atomic E-state index is 0.0356. The van der Waals surface area contributed by atoms with Crippen LogP contribution in [-0.4, -0.2) is 43.3 Å². The lowest BCUT2D eigenvalue weighted by Crippen LogP contribution is -2.27. The second kappa shape index (κ2) is 43.0. The molecule has 0 saturated carbocycles. The summed E-state index contributed by atoms with van der Waals surface area (Å²) in [7, 11) is -4.29. The third kappa shape index (κ3) is 42.0. The summed E-state index contributed by atoms with van der Waals surface area (Å²) >= 11 is 0. The van der Waals surface area contributed by atoms with Gasteiger partial charge in [-0.05, 0) is 51.0 Å². The van der Waals surface area contributed by atoms with Crippen LogP contribution in [0, 0.1) is 0 Å². The Morgan fingerprint density at radius 1 is 0.556 bits per heavy atom. The zero-order valence-corrected chi connectivity index (χ0v) is 36.4. The number of carbonyl (C=O) groups is 1. The predicted molar refractivity (Wildman–Crippen MR) is 229 cm³/mol. The maximum absolute atomic E-state index is 12.6. The van der Waals surface area contributed by atoms with Gasteiger partial charge in [0, 0.05) is 13.0 Å². The molecule has 2 unspecified atom stereocenters. The Bertz CT molecular complexity index is 884. The van der Waals surface area contributed by atoms with Gasteiger partial charge in [0.2, 0.25) is 0 Å². The number of nitrogens with two attached hydrogens (primary N) is 1. The third-order valence-electron chi connectivity index (χ3n) is 9.94. The molecule has 0 aliphatic carbocycles.